The van der Waals surface area contributed by atoms with Gasteiger partial charge < -0.3 is 10.2 Å². The van der Waals surface area contributed by atoms with Gasteiger partial charge in [-0.1, -0.05) is 0 Å². The third-order valence-corrected chi connectivity index (χ3v) is 2.87. The average molecular weight is 253 g/mol. The molecule has 0 saturated heterocycles. The molecular formula is C13H20FN3O. The summed E-state index contributed by atoms with van der Waals surface area (Å²) >= 11 is 0. The molecule has 1 aromatic heterocycles. The molecule has 5 heteroatoms. The van der Waals surface area contributed by atoms with Gasteiger partial charge in [0.05, 0.1) is 11.8 Å². The van der Waals surface area contributed by atoms with E-state index in [1.807, 2.05) is 7.05 Å². The van der Waals surface area contributed by atoms with Crippen LogP contribution in [0.5, 0.6) is 0 Å². The first kappa shape index (κ1) is 14.6. The van der Waals surface area contributed by atoms with Crippen LogP contribution in [0.1, 0.15) is 30.6 Å². The number of carbonyl (C=O) groups is 1. The van der Waals surface area contributed by atoms with Gasteiger partial charge in [0.2, 0.25) is 0 Å². The minimum atomic E-state index is -0.589. The normalized spacial score (nSPS) is 11.0. The molecule has 0 fully saturated rings. The number of nitrogens with zero attached hydrogens (tertiary/aromatic N) is 2. The van der Waals surface area contributed by atoms with Crippen molar-refractivity contribution in [3.8, 4) is 0 Å². The van der Waals surface area contributed by atoms with Crippen molar-refractivity contribution in [1.82, 2.24) is 15.2 Å². The molecule has 18 heavy (non-hydrogen) atoms. The summed E-state index contributed by atoms with van der Waals surface area (Å²) < 4.78 is 13.3. The predicted octanol–water partition coefficient (Wildman–Crippen LogP) is 1.68. The number of hydrogen-bond acceptors (Lipinski definition) is 3. The van der Waals surface area contributed by atoms with Gasteiger partial charge in [0.1, 0.15) is 0 Å². The summed E-state index contributed by atoms with van der Waals surface area (Å²) in [6, 6.07) is 1.86. The van der Waals surface area contributed by atoms with Crippen LogP contribution in [-0.4, -0.2) is 42.0 Å². The SMILES string of the molecule is CC(C)N(C)CCCNC(=O)c1ccncc1F. The van der Waals surface area contributed by atoms with Crippen LogP contribution in [0.2, 0.25) is 0 Å². The van der Waals surface area contributed by atoms with Gasteiger partial charge in [-0.3, -0.25) is 9.78 Å². The molecule has 1 amide bonds. The number of carbonyl (C=O) groups excluding carboxylic acids is 1. The molecule has 100 valence electrons. The fourth-order valence-corrected chi connectivity index (χ4v) is 1.44. The molecule has 4 nitrogen and oxygen atoms in total. The number of hydrogen-bond donors (Lipinski definition) is 1. The number of halogens is 1. The number of amides is 1. The summed E-state index contributed by atoms with van der Waals surface area (Å²) in [5.41, 5.74) is 0.0437. The standard InChI is InChI=1S/C13H20FN3O/c1-10(2)17(3)8-4-6-16-13(18)11-5-7-15-9-12(11)14/h5,7,9-10H,4,6,8H2,1-3H3,(H,16,18). The molecule has 1 rings (SSSR count). The zero-order valence-corrected chi connectivity index (χ0v) is 11.1. The molecule has 0 aliphatic rings. The van der Waals surface area contributed by atoms with E-state index >= 15 is 0 Å². The van der Waals surface area contributed by atoms with Crippen molar-refractivity contribution in [1.29, 1.82) is 0 Å². The van der Waals surface area contributed by atoms with Gasteiger partial charge in [0.15, 0.2) is 5.82 Å². The second-order valence-electron chi connectivity index (χ2n) is 4.54. The van der Waals surface area contributed by atoms with Crippen LogP contribution < -0.4 is 5.32 Å². The highest BCUT2D eigenvalue weighted by atomic mass is 19.1. The zero-order chi connectivity index (χ0) is 13.5. The lowest BCUT2D eigenvalue weighted by Crippen LogP contribution is -2.31. The second-order valence-corrected chi connectivity index (χ2v) is 4.54. The minimum Gasteiger partial charge on any atom is -0.352 e. The zero-order valence-electron chi connectivity index (χ0n) is 11.1. The van der Waals surface area contributed by atoms with E-state index < -0.39 is 5.82 Å². The molecule has 0 saturated carbocycles. The first-order valence-corrected chi connectivity index (χ1v) is 6.10. The van der Waals surface area contributed by atoms with Gasteiger partial charge in [-0.2, -0.15) is 0 Å². The maximum atomic E-state index is 13.3. The molecule has 0 spiro atoms. The molecule has 1 aromatic rings. The maximum Gasteiger partial charge on any atom is 0.254 e. The third kappa shape index (κ3) is 4.41. The number of aromatic nitrogens is 1. The van der Waals surface area contributed by atoms with E-state index in [0.717, 1.165) is 19.2 Å². The minimum absolute atomic E-state index is 0.0437. The van der Waals surface area contributed by atoms with Crippen LogP contribution in [0.15, 0.2) is 18.5 Å². The lowest BCUT2D eigenvalue weighted by atomic mass is 10.2. The van der Waals surface area contributed by atoms with Crippen molar-refractivity contribution in [2.24, 2.45) is 0 Å². The van der Waals surface area contributed by atoms with E-state index in [2.05, 4.69) is 29.0 Å². The average Bonchev–Trinajstić information content (AvgIpc) is 2.34. The quantitative estimate of drug-likeness (QED) is 0.785. The fourth-order valence-electron chi connectivity index (χ4n) is 1.44. The van der Waals surface area contributed by atoms with E-state index in [4.69, 9.17) is 0 Å². The van der Waals surface area contributed by atoms with Crippen LogP contribution in [0.4, 0.5) is 4.39 Å². The fraction of sp³-hybridized carbons (Fsp3) is 0.538. The molecule has 0 aliphatic heterocycles. The number of pyridine rings is 1. The van der Waals surface area contributed by atoms with E-state index in [-0.39, 0.29) is 11.5 Å². The summed E-state index contributed by atoms with van der Waals surface area (Å²) in [6.45, 7) is 5.67. The Kier molecular flexibility index (Phi) is 5.71. The monoisotopic (exact) mass is 253 g/mol. The Balaban J connectivity index is 2.32. The van der Waals surface area contributed by atoms with Gasteiger partial charge in [0, 0.05) is 18.8 Å². The van der Waals surface area contributed by atoms with E-state index in [0.29, 0.717) is 12.6 Å². The van der Waals surface area contributed by atoms with Crippen LogP contribution in [0.25, 0.3) is 0 Å². The van der Waals surface area contributed by atoms with Crippen molar-refractivity contribution in [3.05, 3.63) is 29.8 Å². The summed E-state index contributed by atoms with van der Waals surface area (Å²) in [5.74, 6) is -0.976. The summed E-state index contributed by atoms with van der Waals surface area (Å²) in [5, 5.41) is 2.70. The molecule has 1 heterocycles. The Morgan fingerprint density at radius 3 is 2.89 bits per heavy atom. The molecule has 0 unspecified atom stereocenters. The van der Waals surface area contributed by atoms with Crippen LogP contribution in [0.3, 0.4) is 0 Å². The summed E-state index contributed by atoms with van der Waals surface area (Å²) in [7, 11) is 2.04. The van der Waals surface area contributed by atoms with Gasteiger partial charge in [-0.25, -0.2) is 4.39 Å². The summed E-state index contributed by atoms with van der Waals surface area (Å²) in [6.07, 6.45) is 3.29. The summed E-state index contributed by atoms with van der Waals surface area (Å²) in [4.78, 5) is 17.4. The molecule has 1 N–H and O–H groups in total. The van der Waals surface area contributed by atoms with Crippen LogP contribution in [-0.2, 0) is 0 Å². The van der Waals surface area contributed by atoms with Crippen molar-refractivity contribution in [2.45, 2.75) is 26.3 Å². The Bertz CT molecular complexity index is 396. The molecule has 0 bridgehead atoms. The Hall–Kier alpha value is -1.49. The molecule has 0 atom stereocenters. The van der Waals surface area contributed by atoms with Crippen LogP contribution in [0, 0.1) is 5.82 Å². The van der Waals surface area contributed by atoms with Gasteiger partial charge in [-0.15, -0.1) is 0 Å². The molecule has 0 aliphatic carbocycles. The highest BCUT2D eigenvalue weighted by Gasteiger charge is 2.10. The Labute approximate surface area is 107 Å². The van der Waals surface area contributed by atoms with Gasteiger partial charge >= 0.3 is 0 Å². The first-order valence-electron chi connectivity index (χ1n) is 6.10. The predicted molar refractivity (Wildman–Crippen MR) is 68.9 cm³/mol. The smallest absolute Gasteiger partial charge is 0.254 e. The second kappa shape index (κ2) is 7.06. The topological polar surface area (TPSA) is 45.2 Å². The highest BCUT2D eigenvalue weighted by Crippen LogP contribution is 2.03. The van der Waals surface area contributed by atoms with Crippen molar-refractivity contribution < 1.29 is 9.18 Å². The molecule has 0 radical (unpaired) electrons. The Morgan fingerprint density at radius 2 is 2.28 bits per heavy atom. The maximum absolute atomic E-state index is 13.3. The molecular weight excluding hydrogens is 233 g/mol. The largest absolute Gasteiger partial charge is 0.352 e. The lowest BCUT2D eigenvalue weighted by molar-refractivity contribution is 0.0947. The third-order valence-electron chi connectivity index (χ3n) is 2.87. The van der Waals surface area contributed by atoms with Crippen molar-refractivity contribution in [2.75, 3.05) is 20.1 Å². The number of rotatable bonds is 6. The van der Waals surface area contributed by atoms with E-state index in [9.17, 15) is 9.18 Å². The van der Waals surface area contributed by atoms with E-state index in [1.165, 1.54) is 12.3 Å². The Morgan fingerprint density at radius 1 is 1.56 bits per heavy atom. The van der Waals surface area contributed by atoms with E-state index in [1.54, 1.807) is 0 Å². The highest BCUT2D eigenvalue weighted by molar-refractivity contribution is 5.94. The van der Waals surface area contributed by atoms with Crippen LogP contribution >= 0.6 is 0 Å². The van der Waals surface area contributed by atoms with Crippen molar-refractivity contribution in [3.63, 3.8) is 0 Å². The van der Waals surface area contributed by atoms with Crippen molar-refractivity contribution >= 4 is 5.91 Å². The van der Waals surface area contributed by atoms with Gasteiger partial charge in [0.25, 0.3) is 5.91 Å². The number of nitrogens with one attached hydrogen (secondary N) is 1. The first-order chi connectivity index (χ1) is 8.52. The molecule has 0 aromatic carbocycles. The lowest BCUT2D eigenvalue weighted by Gasteiger charge is -2.20. The van der Waals surface area contributed by atoms with Gasteiger partial charge in [-0.05, 0) is 39.9 Å².